The van der Waals surface area contributed by atoms with E-state index in [4.69, 9.17) is 0 Å². The number of carbonyl (C=O) groups excluding carboxylic acids is 2. The quantitative estimate of drug-likeness (QED) is 0.658. The Hall–Kier alpha value is -2.30. The monoisotopic (exact) mass is 329 g/mol. The molecule has 24 heavy (non-hydrogen) atoms. The van der Waals surface area contributed by atoms with Crippen LogP contribution < -0.4 is 10.6 Å². The zero-order valence-electron chi connectivity index (χ0n) is 14.4. The van der Waals surface area contributed by atoms with E-state index in [1.165, 1.54) is 17.8 Å². The van der Waals surface area contributed by atoms with Crippen LogP contribution in [0.5, 0.6) is 0 Å². The molecule has 0 radical (unpaired) electrons. The number of aryl methyl sites for hydroxylation is 1. The van der Waals surface area contributed by atoms with E-state index in [2.05, 4.69) is 39.6 Å². The molecule has 0 saturated carbocycles. The second-order valence-electron chi connectivity index (χ2n) is 6.07. The van der Waals surface area contributed by atoms with E-state index in [9.17, 15) is 9.59 Å². The van der Waals surface area contributed by atoms with Gasteiger partial charge in [-0.05, 0) is 36.8 Å². The number of unbranched alkanes of at least 4 members (excludes halogenated alkanes) is 2. The van der Waals surface area contributed by atoms with Crippen molar-refractivity contribution in [3.8, 4) is 0 Å². The van der Waals surface area contributed by atoms with Gasteiger partial charge in [-0.1, -0.05) is 24.6 Å². The molecule has 1 aromatic carbocycles. The number of para-hydroxylation sites is 1. The first kappa shape index (κ1) is 18.0. The number of hydrogen-bond donors (Lipinski definition) is 2. The summed E-state index contributed by atoms with van der Waals surface area (Å²) in [5.41, 5.74) is 1.24. The molecule has 5 nitrogen and oxygen atoms in total. The minimum absolute atomic E-state index is 0.00298. The third-order valence-corrected chi connectivity index (χ3v) is 4.03. The lowest BCUT2D eigenvalue weighted by atomic mass is 10.2. The zero-order chi connectivity index (χ0) is 17.2. The molecule has 5 heteroatoms. The van der Waals surface area contributed by atoms with Crippen LogP contribution in [-0.2, 0) is 16.1 Å². The number of fused-ring (bicyclic) bond motifs is 1. The molecule has 0 fully saturated rings. The van der Waals surface area contributed by atoms with Gasteiger partial charge in [0.25, 0.3) is 0 Å². The molecule has 1 heterocycles. The normalized spacial score (nSPS) is 10.7. The summed E-state index contributed by atoms with van der Waals surface area (Å²) in [6, 6.07) is 10.4. The number of nitrogens with one attached hydrogen (secondary N) is 2. The number of benzene rings is 1. The fourth-order valence-electron chi connectivity index (χ4n) is 2.75. The lowest BCUT2D eigenvalue weighted by molar-refractivity contribution is -0.121. The molecule has 2 aromatic rings. The molecule has 0 unspecified atom stereocenters. The van der Waals surface area contributed by atoms with Gasteiger partial charge in [0.1, 0.15) is 0 Å². The maximum atomic E-state index is 11.8. The summed E-state index contributed by atoms with van der Waals surface area (Å²) in [6.07, 6.45) is 6.34. The second-order valence-corrected chi connectivity index (χ2v) is 6.07. The van der Waals surface area contributed by atoms with Gasteiger partial charge in [-0.2, -0.15) is 0 Å². The van der Waals surface area contributed by atoms with Crippen LogP contribution in [0.1, 0.15) is 39.0 Å². The first-order valence-corrected chi connectivity index (χ1v) is 8.72. The van der Waals surface area contributed by atoms with Gasteiger partial charge in [-0.3, -0.25) is 9.59 Å². The summed E-state index contributed by atoms with van der Waals surface area (Å²) in [5, 5.41) is 6.99. The number of carbonyl (C=O) groups is 2. The highest BCUT2D eigenvalue weighted by atomic mass is 16.2. The van der Waals surface area contributed by atoms with E-state index in [0.29, 0.717) is 19.5 Å². The van der Waals surface area contributed by atoms with Crippen LogP contribution in [0.2, 0.25) is 0 Å². The molecular weight excluding hydrogens is 302 g/mol. The summed E-state index contributed by atoms with van der Waals surface area (Å²) in [5.74, 6) is 0.120. The van der Waals surface area contributed by atoms with Crippen molar-refractivity contribution in [1.82, 2.24) is 15.2 Å². The molecule has 0 atom stereocenters. The Balaban J connectivity index is 1.54. The third-order valence-electron chi connectivity index (χ3n) is 4.03. The predicted octanol–water partition coefficient (Wildman–Crippen LogP) is 2.84. The molecule has 2 rings (SSSR count). The standard InChI is InChI=1S/C19H27N3O2/c1-16(23)20-12-6-2-3-10-19(24)21-13-7-14-22-15-11-17-8-4-5-9-18(17)22/h4-5,8-9,11,15H,2-3,6-7,10,12-14H2,1H3,(H,20,23)(H,21,24). The summed E-state index contributed by atoms with van der Waals surface area (Å²) in [4.78, 5) is 22.5. The van der Waals surface area contributed by atoms with Gasteiger partial charge in [0, 0.05) is 44.7 Å². The Labute approximate surface area is 143 Å². The van der Waals surface area contributed by atoms with E-state index in [0.717, 1.165) is 32.2 Å². The highest BCUT2D eigenvalue weighted by molar-refractivity contribution is 5.79. The largest absolute Gasteiger partial charge is 0.356 e. The van der Waals surface area contributed by atoms with Crippen molar-refractivity contribution in [2.75, 3.05) is 13.1 Å². The summed E-state index contributed by atoms with van der Waals surface area (Å²) < 4.78 is 2.23. The highest BCUT2D eigenvalue weighted by Gasteiger charge is 2.02. The van der Waals surface area contributed by atoms with E-state index in [1.807, 2.05) is 12.1 Å². The maximum absolute atomic E-state index is 11.8. The number of nitrogens with zero attached hydrogens (tertiary/aromatic N) is 1. The number of rotatable bonds is 10. The van der Waals surface area contributed by atoms with E-state index >= 15 is 0 Å². The molecule has 0 aliphatic rings. The van der Waals surface area contributed by atoms with Crippen LogP contribution in [0.25, 0.3) is 10.9 Å². The third kappa shape index (κ3) is 6.07. The Morgan fingerprint density at radius 3 is 2.58 bits per heavy atom. The maximum Gasteiger partial charge on any atom is 0.219 e. The summed E-state index contributed by atoms with van der Waals surface area (Å²) in [7, 11) is 0. The smallest absolute Gasteiger partial charge is 0.219 e. The molecule has 1 aromatic heterocycles. The second kappa shape index (κ2) is 9.75. The molecule has 0 spiro atoms. The minimum Gasteiger partial charge on any atom is -0.356 e. The first-order chi connectivity index (χ1) is 11.7. The van der Waals surface area contributed by atoms with Crippen molar-refractivity contribution in [3.05, 3.63) is 36.5 Å². The van der Waals surface area contributed by atoms with Gasteiger partial charge in [0.2, 0.25) is 11.8 Å². The van der Waals surface area contributed by atoms with Crippen LogP contribution in [0.4, 0.5) is 0 Å². The highest BCUT2D eigenvalue weighted by Crippen LogP contribution is 2.15. The fraction of sp³-hybridized carbons (Fsp3) is 0.474. The van der Waals surface area contributed by atoms with Gasteiger partial charge in [-0.25, -0.2) is 0 Å². The molecule has 0 bridgehead atoms. The number of amides is 2. The lowest BCUT2D eigenvalue weighted by Gasteiger charge is -2.07. The van der Waals surface area contributed by atoms with Gasteiger partial charge in [0.15, 0.2) is 0 Å². The number of hydrogen-bond acceptors (Lipinski definition) is 2. The average Bonchev–Trinajstić information content (AvgIpc) is 2.98. The minimum atomic E-state index is 0.00298. The number of aromatic nitrogens is 1. The Morgan fingerprint density at radius 1 is 0.958 bits per heavy atom. The molecule has 0 saturated heterocycles. The van der Waals surface area contributed by atoms with Crippen LogP contribution in [0.15, 0.2) is 36.5 Å². The topological polar surface area (TPSA) is 63.1 Å². The predicted molar refractivity (Wildman–Crippen MR) is 96.7 cm³/mol. The fourth-order valence-corrected chi connectivity index (χ4v) is 2.75. The molecule has 0 aliphatic heterocycles. The van der Waals surface area contributed by atoms with Gasteiger partial charge >= 0.3 is 0 Å². The van der Waals surface area contributed by atoms with Crippen molar-refractivity contribution in [2.45, 2.75) is 45.6 Å². The van der Waals surface area contributed by atoms with Crippen LogP contribution >= 0.6 is 0 Å². The first-order valence-electron chi connectivity index (χ1n) is 8.72. The van der Waals surface area contributed by atoms with E-state index < -0.39 is 0 Å². The van der Waals surface area contributed by atoms with Gasteiger partial charge in [0.05, 0.1) is 0 Å². The van der Waals surface area contributed by atoms with Crippen molar-refractivity contribution in [2.24, 2.45) is 0 Å². The molecular formula is C19H27N3O2. The van der Waals surface area contributed by atoms with Crippen LogP contribution in [-0.4, -0.2) is 29.5 Å². The van der Waals surface area contributed by atoms with Crippen molar-refractivity contribution >= 4 is 22.7 Å². The van der Waals surface area contributed by atoms with Crippen LogP contribution in [0, 0.1) is 0 Å². The Bertz CT molecular complexity index is 663. The van der Waals surface area contributed by atoms with E-state index in [-0.39, 0.29) is 11.8 Å². The average molecular weight is 329 g/mol. The van der Waals surface area contributed by atoms with Gasteiger partial charge < -0.3 is 15.2 Å². The van der Waals surface area contributed by atoms with Crippen molar-refractivity contribution in [3.63, 3.8) is 0 Å². The Kier molecular flexibility index (Phi) is 7.33. The molecule has 2 amide bonds. The lowest BCUT2D eigenvalue weighted by Crippen LogP contribution is -2.25. The van der Waals surface area contributed by atoms with Gasteiger partial charge in [-0.15, -0.1) is 0 Å². The molecule has 2 N–H and O–H groups in total. The Morgan fingerprint density at radius 2 is 1.75 bits per heavy atom. The summed E-state index contributed by atoms with van der Waals surface area (Å²) >= 11 is 0. The van der Waals surface area contributed by atoms with Crippen LogP contribution in [0.3, 0.4) is 0 Å². The van der Waals surface area contributed by atoms with Crippen molar-refractivity contribution < 1.29 is 9.59 Å². The SMILES string of the molecule is CC(=O)NCCCCCC(=O)NCCCn1ccc2ccccc21. The summed E-state index contributed by atoms with van der Waals surface area (Å²) in [6.45, 7) is 3.83. The molecule has 130 valence electrons. The zero-order valence-corrected chi connectivity index (χ0v) is 14.4. The molecule has 0 aliphatic carbocycles. The van der Waals surface area contributed by atoms with Crippen molar-refractivity contribution in [1.29, 1.82) is 0 Å². The van der Waals surface area contributed by atoms with E-state index in [1.54, 1.807) is 0 Å².